The zero-order valence-electron chi connectivity index (χ0n) is 10.1. The Bertz CT molecular complexity index is 444. The van der Waals surface area contributed by atoms with E-state index in [2.05, 4.69) is 0 Å². The molecule has 1 aromatic rings. The van der Waals surface area contributed by atoms with Crippen LogP contribution in [0.15, 0.2) is 12.1 Å². The molecule has 1 amide bonds. The highest BCUT2D eigenvalue weighted by Crippen LogP contribution is 2.30. The van der Waals surface area contributed by atoms with Crippen LogP contribution in [0.1, 0.15) is 28.9 Å². The van der Waals surface area contributed by atoms with Gasteiger partial charge < -0.3 is 9.64 Å². The third-order valence-electron chi connectivity index (χ3n) is 3.48. The molecule has 0 spiro atoms. The molecule has 0 radical (unpaired) electrons. The van der Waals surface area contributed by atoms with Gasteiger partial charge in [0.1, 0.15) is 0 Å². The predicted molar refractivity (Wildman–Crippen MR) is 72.3 cm³/mol. The van der Waals surface area contributed by atoms with E-state index in [0.29, 0.717) is 4.34 Å². The van der Waals surface area contributed by atoms with Crippen LogP contribution in [0.5, 0.6) is 0 Å². The number of hydrogen-bond donors (Lipinski definition) is 0. The van der Waals surface area contributed by atoms with Gasteiger partial charge in [-0.15, -0.1) is 11.3 Å². The highest BCUT2D eigenvalue weighted by atomic mass is 35.5. The molecule has 2 aliphatic rings. The fraction of sp³-hybridized carbons (Fsp3) is 0.615. The lowest BCUT2D eigenvalue weighted by Gasteiger charge is -2.15. The first-order valence-corrected chi connectivity index (χ1v) is 7.58. The van der Waals surface area contributed by atoms with Gasteiger partial charge in [0.25, 0.3) is 5.91 Å². The molecule has 5 heteroatoms. The van der Waals surface area contributed by atoms with E-state index in [1.54, 1.807) is 12.1 Å². The summed E-state index contributed by atoms with van der Waals surface area (Å²) >= 11 is 7.20. The van der Waals surface area contributed by atoms with Crippen molar-refractivity contribution in [1.29, 1.82) is 0 Å². The van der Waals surface area contributed by atoms with Crippen LogP contribution >= 0.6 is 22.9 Å². The number of hydrogen-bond acceptors (Lipinski definition) is 3. The van der Waals surface area contributed by atoms with Crippen molar-refractivity contribution < 1.29 is 9.53 Å². The van der Waals surface area contributed by atoms with E-state index in [9.17, 15) is 4.79 Å². The summed E-state index contributed by atoms with van der Waals surface area (Å²) in [7, 11) is 0. The smallest absolute Gasteiger partial charge is 0.264 e. The minimum atomic E-state index is 0.0874. The number of carbonyl (C=O) groups excluding carboxylic acids is 1. The van der Waals surface area contributed by atoms with Gasteiger partial charge >= 0.3 is 0 Å². The van der Waals surface area contributed by atoms with Gasteiger partial charge in [-0.2, -0.15) is 0 Å². The molecule has 2 fully saturated rings. The van der Waals surface area contributed by atoms with Crippen molar-refractivity contribution in [2.24, 2.45) is 5.92 Å². The summed E-state index contributed by atoms with van der Waals surface area (Å²) in [5.74, 6) is 0.871. The Balaban J connectivity index is 1.52. The molecular formula is C13H16ClNO2S. The third-order valence-corrected chi connectivity index (χ3v) is 4.70. The SMILES string of the molecule is O=C(c1ccc(Cl)s1)N1CCC(OCC2CC2)C1. The quantitative estimate of drug-likeness (QED) is 0.851. The summed E-state index contributed by atoms with van der Waals surface area (Å²) < 4.78 is 6.50. The molecule has 1 aliphatic heterocycles. The summed E-state index contributed by atoms with van der Waals surface area (Å²) in [5.41, 5.74) is 0. The molecule has 1 aliphatic carbocycles. The molecular weight excluding hydrogens is 270 g/mol. The Labute approximate surface area is 116 Å². The lowest BCUT2D eigenvalue weighted by Crippen LogP contribution is -2.29. The van der Waals surface area contributed by atoms with Gasteiger partial charge in [-0.1, -0.05) is 11.6 Å². The second kappa shape index (κ2) is 5.19. The third kappa shape index (κ3) is 2.87. The van der Waals surface area contributed by atoms with Gasteiger partial charge in [0.05, 0.1) is 15.3 Å². The first-order chi connectivity index (χ1) is 8.72. The van der Waals surface area contributed by atoms with Crippen LogP contribution in [0.2, 0.25) is 4.34 Å². The molecule has 1 aromatic heterocycles. The lowest BCUT2D eigenvalue weighted by atomic mass is 10.3. The fourth-order valence-corrected chi connectivity index (χ4v) is 3.20. The molecule has 0 aromatic carbocycles. The van der Waals surface area contributed by atoms with Crippen molar-refractivity contribution in [3.05, 3.63) is 21.3 Å². The van der Waals surface area contributed by atoms with E-state index in [1.807, 2.05) is 4.90 Å². The van der Waals surface area contributed by atoms with Gasteiger partial charge in [-0.25, -0.2) is 0 Å². The second-order valence-corrected chi connectivity index (χ2v) is 6.76. The predicted octanol–water partition coefficient (Wildman–Crippen LogP) is 3.04. The van der Waals surface area contributed by atoms with E-state index >= 15 is 0 Å². The number of amides is 1. The van der Waals surface area contributed by atoms with Crippen LogP contribution in [-0.4, -0.2) is 36.6 Å². The van der Waals surface area contributed by atoms with E-state index < -0.39 is 0 Å². The summed E-state index contributed by atoms with van der Waals surface area (Å²) in [4.78, 5) is 14.8. The van der Waals surface area contributed by atoms with Crippen LogP contribution in [0.3, 0.4) is 0 Å². The molecule has 3 rings (SSSR count). The van der Waals surface area contributed by atoms with E-state index in [0.717, 1.165) is 36.9 Å². The summed E-state index contributed by atoms with van der Waals surface area (Å²) in [6.45, 7) is 2.39. The second-order valence-electron chi connectivity index (χ2n) is 5.04. The van der Waals surface area contributed by atoms with Gasteiger partial charge in [-0.05, 0) is 37.3 Å². The minimum absolute atomic E-state index is 0.0874. The largest absolute Gasteiger partial charge is 0.376 e. The highest BCUT2D eigenvalue weighted by molar-refractivity contribution is 7.17. The van der Waals surface area contributed by atoms with Gasteiger partial charge in [0.15, 0.2) is 0 Å². The van der Waals surface area contributed by atoms with Gasteiger partial charge in [0, 0.05) is 19.7 Å². The van der Waals surface area contributed by atoms with Crippen molar-refractivity contribution in [2.75, 3.05) is 19.7 Å². The molecule has 0 N–H and O–H groups in total. The summed E-state index contributed by atoms with van der Waals surface area (Å²) in [5, 5.41) is 0. The van der Waals surface area contributed by atoms with Crippen LogP contribution in [0.25, 0.3) is 0 Å². The molecule has 98 valence electrons. The number of rotatable bonds is 4. The fourth-order valence-electron chi connectivity index (χ4n) is 2.19. The zero-order valence-corrected chi connectivity index (χ0v) is 11.7. The van der Waals surface area contributed by atoms with Crippen LogP contribution in [0.4, 0.5) is 0 Å². The number of thiophene rings is 1. The summed E-state index contributed by atoms with van der Waals surface area (Å²) in [6.07, 6.45) is 3.80. The average Bonchev–Trinajstić information content (AvgIpc) is 2.90. The van der Waals surface area contributed by atoms with Crippen molar-refractivity contribution in [2.45, 2.75) is 25.4 Å². The Kier molecular flexibility index (Phi) is 3.59. The normalized spacial score (nSPS) is 23.6. The van der Waals surface area contributed by atoms with Crippen molar-refractivity contribution >= 4 is 28.8 Å². The van der Waals surface area contributed by atoms with Crippen LogP contribution in [-0.2, 0) is 4.74 Å². The Hall–Kier alpha value is -0.580. The molecule has 0 bridgehead atoms. The molecule has 3 nitrogen and oxygen atoms in total. The van der Waals surface area contributed by atoms with Crippen molar-refractivity contribution in [3.8, 4) is 0 Å². The monoisotopic (exact) mass is 285 g/mol. The highest BCUT2D eigenvalue weighted by Gasteiger charge is 2.30. The first kappa shape index (κ1) is 12.5. The van der Waals surface area contributed by atoms with Crippen molar-refractivity contribution in [3.63, 3.8) is 0 Å². The Morgan fingerprint density at radius 1 is 1.44 bits per heavy atom. The lowest BCUT2D eigenvalue weighted by molar-refractivity contribution is 0.0482. The Morgan fingerprint density at radius 2 is 2.28 bits per heavy atom. The number of carbonyl (C=O) groups is 1. The maximum atomic E-state index is 12.2. The summed E-state index contributed by atoms with van der Waals surface area (Å²) in [6, 6.07) is 3.57. The maximum Gasteiger partial charge on any atom is 0.264 e. The topological polar surface area (TPSA) is 29.5 Å². The van der Waals surface area contributed by atoms with Crippen LogP contribution in [0, 0.1) is 5.92 Å². The average molecular weight is 286 g/mol. The van der Waals surface area contributed by atoms with Gasteiger partial charge in [0.2, 0.25) is 0 Å². The molecule has 1 saturated carbocycles. The van der Waals surface area contributed by atoms with Crippen LogP contribution < -0.4 is 0 Å². The molecule has 2 heterocycles. The van der Waals surface area contributed by atoms with Crippen molar-refractivity contribution in [1.82, 2.24) is 4.90 Å². The number of likely N-dealkylation sites (tertiary alicyclic amines) is 1. The molecule has 1 atom stereocenters. The zero-order chi connectivity index (χ0) is 12.5. The Morgan fingerprint density at radius 3 is 2.94 bits per heavy atom. The molecule has 1 saturated heterocycles. The maximum absolute atomic E-state index is 12.2. The van der Waals surface area contributed by atoms with E-state index in [4.69, 9.17) is 16.3 Å². The van der Waals surface area contributed by atoms with E-state index in [-0.39, 0.29) is 12.0 Å². The number of ether oxygens (including phenoxy) is 1. The van der Waals surface area contributed by atoms with Gasteiger partial charge in [-0.3, -0.25) is 4.79 Å². The first-order valence-electron chi connectivity index (χ1n) is 6.38. The van der Waals surface area contributed by atoms with E-state index in [1.165, 1.54) is 24.2 Å². The standard InChI is InChI=1S/C13H16ClNO2S/c14-12-4-3-11(18-12)13(16)15-6-5-10(7-15)17-8-9-1-2-9/h3-4,9-10H,1-2,5-8H2. The molecule has 1 unspecified atom stereocenters. The molecule has 18 heavy (non-hydrogen) atoms. The minimum Gasteiger partial charge on any atom is -0.376 e. The number of halogens is 1. The number of nitrogens with zero attached hydrogens (tertiary/aromatic N) is 1.